The zero-order chi connectivity index (χ0) is 20.5. The Balaban J connectivity index is 1.67. The fraction of sp³-hybridized carbons (Fsp3) is 0.143. The van der Waals surface area contributed by atoms with Crippen LogP contribution in [0.3, 0.4) is 0 Å². The number of hydrogen-bond acceptors (Lipinski definition) is 2. The molecule has 0 bridgehead atoms. The quantitative estimate of drug-likeness (QED) is 0.288. The van der Waals surface area contributed by atoms with Crippen molar-refractivity contribution in [3.05, 3.63) is 95.8 Å². The van der Waals surface area contributed by atoms with Crippen LogP contribution >= 0.6 is 0 Å². The monoisotopic (exact) mass is 386 g/mol. The van der Waals surface area contributed by atoms with Crippen LogP contribution in [0.15, 0.2) is 78.9 Å². The molecule has 0 saturated carbocycles. The van der Waals surface area contributed by atoms with Crippen LogP contribution in [-0.4, -0.2) is 9.97 Å². The van der Waals surface area contributed by atoms with E-state index in [0.29, 0.717) is 0 Å². The topological polar surface area (TPSA) is 25.8 Å². The average molecular weight is 386 g/mol. The van der Waals surface area contributed by atoms with Gasteiger partial charge in [0.25, 0.3) is 0 Å². The second-order valence-corrected chi connectivity index (χ2v) is 8.73. The predicted octanol–water partition coefficient (Wildman–Crippen LogP) is 7.06. The first kappa shape index (κ1) is 17.3. The van der Waals surface area contributed by atoms with E-state index in [1.165, 1.54) is 33.0 Å². The van der Waals surface area contributed by atoms with Crippen molar-refractivity contribution >= 4 is 21.7 Å². The number of aromatic nitrogens is 2. The third-order valence-corrected chi connectivity index (χ3v) is 6.56. The van der Waals surface area contributed by atoms with Gasteiger partial charge in [-0.25, -0.2) is 9.97 Å². The van der Waals surface area contributed by atoms with Crippen LogP contribution in [0.2, 0.25) is 0 Å². The second kappa shape index (κ2) is 5.99. The number of benzene rings is 4. The van der Waals surface area contributed by atoms with Gasteiger partial charge in [-0.15, -0.1) is 0 Å². The van der Waals surface area contributed by atoms with Crippen molar-refractivity contribution in [3.8, 4) is 22.4 Å². The van der Waals surface area contributed by atoms with Crippen molar-refractivity contribution < 1.29 is 0 Å². The molecular weight excluding hydrogens is 364 g/mol. The van der Waals surface area contributed by atoms with Crippen molar-refractivity contribution in [2.45, 2.75) is 26.2 Å². The molecule has 6 rings (SSSR count). The minimum absolute atomic E-state index is 0.0259. The Bertz CT molecular complexity index is 1480. The summed E-state index contributed by atoms with van der Waals surface area (Å²) in [7, 11) is 0. The molecule has 1 heterocycles. The number of hydrogen-bond donors (Lipinski definition) is 0. The zero-order valence-electron chi connectivity index (χ0n) is 17.4. The Hall–Kier alpha value is -3.52. The fourth-order valence-corrected chi connectivity index (χ4v) is 5.08. The largest absolute Gasteiger partial charge is 0.233 e. The molecule has 0 spiro atoms. The van der Waals surface area contributed by atoms with E-state index < -0.39 is 0 Å². The lowest BCUT2D eigenvalue weighted by Gasteiger charge is -2.22. The van der Waals surface area contributed by atoms with Crippen molar-refractivity contribution in [1.29, 1.82) is 0 Å². The molecule has 1 aliphatic rings. The van der Waals surface area contributed by atoms with Gasteiger partial charge >= 0.3 is 0 Å². The molecule has 144 valence electrons. The van der Waals surface area contributed by atoms with Crippen LogP contribution in [0.1, 0.15) is 30.8 Å². The molecule has 2 heteroatoms. The third-order valence-electron chi connectivity index (χ3n) is 6.56. The Kier molecular flexibility index (Phi) is 3.47. The normalized spacial score (nSPS) is 14.1. The van der Waals surface area contributed by atoms with Gasteiger partial charge in [-0.3, -0.25) is 0 Å². The summed E-state index contributed by atoms with van der Waals surface area (Å²) in [5.41, 5.74) is 8.58. The fourth-order valence-electron chi connectivity index (χ4n) is 5.08. The molecule has 0 saturated heterocycles. The summed E-state index contributed by atoms with van der Waals surface area (Å²) in [4.78, 5) is 9.67. The summed E-state index contributed by atoms with van der Waals surface area (Å²) in [6.07, 6.45) is 0. The van der Waals surface area contributed by atoms with Crippen molar-refractivity contribution in [3.63, 3.8) is 0 Å². The molecule has 5 aromatic rings. The standard InChI is InChI=1S/C28H22N2/c1-17-29-25-15-13-18-8-4-5-9-20(18)26(25)27(30-17)19-12-14-22-21-10-6-7-11-23(21)28(2,3)24(22)16-19/h4-16H,1-3H3. The maximum atomic E-state index is 4.93. The van der Waals surface area contributed by atoms with Gasteiger partial charge < -0.3 is 0 Å². The summed E-state index contributed by atoms with van der Waals surface area (Å²) in [6, 6.07) is 28.4. The van der Waals surface area contributed by atoms with Gasteiger partial charge in [0, 0.05) is 16.4 Å². The molecule has 1 aromatic heterocycles. The first-order chi connectivity index (χ1) is 14.5. The zero-order valence-corrected chi connectivity index (χ0v) is 17.4. The molecule has 30 heavy (non-hydrogen) atoms. The molecule has 0 radical (unpaired) electrons. The van der Waals surface area contributed by atoms with Crippen molar-refractivity contribution in [1.82, 2.24) is 9.97 Å². The Labute approximate surface area is 176 Å². The number of nitrogens with zero attached hydrogens (tertiary/aromatic N) is 2. The van der Waals surface area contributed by atoms with E-state index in [1.807, 2.05) is 6.92 Å². The van der Waals surface area contributed by atoms with E-state index in [0.717, 1.165) is 28.0 Å². The van der Waals surface area contributed by atoms with Gasteiger partial charge in [0.05, 0.1) is 11.2 Å². The van der Waals surface area contributed by atoms with Gasteiger partial charge in [0.15, 0.2) is 0 Å². The minimum Gasteiger partial charge on any atom is -0.233 e. The summed E-state index contributed by atoms with van der Waals surface area (Å²) >= 11 is 0. The van der Waals surface area contributed by atoms with E-state index in [2.05, 4.69) is 92.7 Å². The molecule has 0 N–H and O–H groups in total. The van der Waals surface area contributed by atoms with Crippen LogP contribution in [0.4, 0.5) is 0 Å². The highest BCUT2D eigenvalue weighted by Crippen LogP contribution is 2.49. The molecule has 0 atom stereocenters. The summed E-state index contributed by atoms with van der Waals surface area (Å²) in [5.74, 6) is 0.802. The number of rotatable bonds is 1. The van der Waals surface area contributed by atoms with E-state index >= 15 is 0 Å². The third kappa shape index (κ3) is 2.31. The molecule has 0 fully saturated rings. The van der Waals surface area contributed by atoms with Crippen molar-refractivity contribution in [2.75, 3.05) is 0 Å². The van der Waals surface area contributed by atoms with Gasteiger partial charge in [-0.2, -0.15) is 0 Å². The van der Waals surface area contributed by atoms with Crippen LogP contribution in [0, 0.1) is 6.92 Å². The molecule has 0 aliphatic heterocycles. The Morgan fingerprint density at radius 1 is 0.700 bits per heavy atom. The highest BCUT2D eigenvalue weighted by Gasteiger charge is 2.35. The Morgan fingerprint density at radius 2 is 1.47 bits per heavy atom. The van der Waals surface area contributed by atoms with Crippen LogP contribution in [0.25, 0.3) is 44.1 Å². The second-order valence-electron chi connectivity index (χ2n) is 8.73. The molecule has 4 aromatic carbocycles. The lowest BCUT2D eigenvalue weighted by atomic mass is 9.81. The molecule has 0 unspecified atom stereocenters. The molecule has 2 nitrogen and oxygen atoms in total. The van der Waals surface area contributed by atoms with E-state index in [4.69, 9.17) is 9.97 Å². The summed E-state index contributed by atoms with van der Waals surface area (Å²) < 4.78 is 0. The maximum absolute atomic E-state index is 4.93. The minimum atomic E-state index is -0.0259. The molecular formula is C28H22N2. The van der Waals surface area contributed by atoms with E-state index in [9.17, 15) is 0 Å². The van der Waals surface area contributed by atoms with E-state index in [-0.39, 0.29) is 5.41 Å². The lowest BCUT2D eigenvalue weighted by Crippen LogP contribution is -2.15. The average Bonchev–Trinajstić information content (AvgIpc) is 3.00. The molecule has 0 amide bonds. The highest BCUT2D eigenvalue weighted by molar-refractivity contribution is 6.12. The summed E-state index contributed by atoms with van der Waals surface area (Å²) in [6.45, 7) is 6.62. The maximum Gasteiger partial charge on any atom is 0.126 e. The number of aryl methyl sites for hydroxylation is 1. The smallest absolute Gasteiger partial charge is 0.126 e. The lowest BCUT2D eigenvalue weighted by molar-refractivity contribution is 0.660. The van der Waals surface area contributed by atoms with Gasteiger partial charge in [0.2, 0.25) is 0 Å². The van der Waals surface area contributed by atoms with E-state index in [1.54, 1.807) is 0 Å². The molecule has 1 aliphatic carbocycles. The van der Waals surface area contributed by atoms with Crippen LogP contribution in [0.5, 0.6) is 0 Å². The van der Waals surface area contributed by atoms with Crippen molar-refractivity contribution in [2.24, 2.45) is 0 Å². The Morgan fingerprint density at radius 3 is 2.37 bits per heavy atom. The SMILES string of the molecule is Cc1nc(-c2ccc3c(c2)C(C)(C)c2ccccc2-3)c2c(ccc3ccccc32)n1. The predicted molar refractivity (Wildman–Crippen MR) is 125 cm³/mol. The van der Waals surface area contributed by atoms with Gasteiger partial charge in [0.1, 0.15) is 5.82 Å². The first-order valence-corrected chi connectivity index (χ1v) is 10.4. The van der Waals surface area contributed by atoms with Gasteiger partial charge in [-0.1, -0.05) is 80.6 Å². The van der Waals surface area contributed by atoms with Crippen LogP contribution < -0.4 is 0 Å². The summed E-state index contributed by atoms with van der Waals surface area (Å²) in [5, 5.41) is 3.55. The highest BCUT2D eigenvalue weighted by atomic mass is 14.9. The first-order valence-electron chi connectivity index (χ1n) is 10.4. The van der Waals surface area contributed by atoms with Gasteiger partial charge in [-0.05, 0) is 52.1 Å². The van der Waals surface area contributed by atoms with Crippen LogP contribution in [-0.2, 0) is 5.41 Å². The number of fused-ring (bicyclic) bond motifs is 6.